The summed E-state index contributed by atoms with van der Waals surface area (Å²) in [7, 11) is 1.11. The van der Waals surface area contributed by atoms with Crippen LogP contribution in [0.4, 0.5) is 13.2 Å². The Bertz CT molecular complexity index is 468. The molecule has 0 amide bonds. The van der Waals surface area contributed by atoms with E-state index in [-0.39, 0.29) is 0 Å². The molecule has 106 valence electrons. The molecule has 3 nitrogen and oxygen atoms in total. The molecule has 1 N–H and O–H groups in total. The Balaban J connectivity index is 3.00. The molecule has 0 aliphatic carbocycles. The van der Waals surface area contributed by atoms with Crippen LogP contribution in [0.25, 0.3) is 0 Å². The second-order valence-electron chi connectivity index (χ2n) is 3.62. The highest BCUT2D eigenvalue weighted by atomic mass is 79.9. The van der Waals surface area contributed by atoms with E-state index in [1.807, 2.05) is 0 Å². The molecule has 0 saturated carbocycles. The van der Waals surface area contributed by atoms with Crippen LogP contribution in [0.2, 0.25) is 5.02 Å². The zero-order valence-corrected chi connectivity index (χ0v) is 12.1. The van der Waals surface area contributed by atoms with Crippen LogP contribution >= 0.6 is 27.5 Å². The van der Waals surface area contributed by atoms with Gasteiger partial charge in [-0.2, -0.15) is 13.2 Å². The van der Waals surface area contributed by atoms with Gasteiger partial charge in [-0.1, -0.05) is 33.6 Å². The number of carbonyl (C=O) groups is 1. The topological polar surface area (TPSA) is 38.3 Å². The van der Waals surface area contributed by atoms with Crippen LogP contribution in [0.15, 0.2) is 22.7 Å². The van der Waals surface area contributed by atoms with E-state index in [4.69, 9.17) is 11.6 Å². The van der Waals surface area contributed by atoms with Crippen molar-refractivity contribution in [3.8, 4) is 0 Å². The third-order valence-corrected chi connectivity index (χ3v) is 3.14. The molecule has 0 aliphatic rings. The molecule has 0 heterocycles. The van der Waals surface area contributed by atoms with Gasteiger partial charge >= 0.3 is 12.1 Å². The molecule has 0 bridgehead atoms. The first kappa shape index (κ1) is 16.3. The van der Waals surface area contributed by atoms with Crippen LogP contribution in [0.5, 0.6) is 0 Å². The second-order valence-corrected chi connectivity index (χ2v) is 4.91. The van der Waals surface area contributed by atoms with Gasteiger partial charge < -0.3 is 4.74 Å². The summed E-state index contributed by atoms with van der Waals surface area (Å²) in [4.78, 5) is 11.6. The second kappa shape index (κ2) is 6.58. The van der Waals surface area contributed by atoms with Gasteiger partial charge in [-0.15, -0.1) is 0 Å². The highest BCUT2D eigenvalue weighted by molar-refractivity contribution is 9.10. The molecule has 1 atom stereocenters. The number of nitrogens with one attached hydrogen (secondary N) is 1. The number of benzene rings is 1. The van der Waals surface area contributed by atoms with Gasteiger partial charge in [-0.3, -0.25) is 5.32 Å². The summed E-state index contributed by atoms with van der Waals surface area (Å²) in [5, 5.41) is 2.51. The Kier molecular flexibility index (Phi) is 5.64. The highest BCUT2D eigenvalue weighted by Gasteiger charge is 2.31. The molecule has 1 aromatic rings. The van der Waals surface area contributed by atoms with Gasteiger partial charge in [-0.25, -0.2) is 4.79 Å². The largest absolute Gasteiger partial charge is 0.468 e. The van der Waals surface area contributed by atoms with Gasteiger partial charge in [0.1, 0.15) is 6.04 Å². The predicted molar refractivity (Wildman–Crippen MR) is 68.0 cm³/mol. The summed E-state index contributed by atoms with van der Waals surface area (Å²) in [5.41, 5.74) is 0.320. The zero-order valence-electron chi connectivity index (χ0n) is 9.72. The van der Waals surface area contributed by atoms with E-state index < -0.39 is 24.7 Å². The minimum Gasteiger partial charge on any atom is -0.468 e. The van der Waals surface area contributed by atoms with E-state index >= 15 is 0 Å². The van der Waals surface area contributed by atoms with Crippen molar-refractivity contribution in [2.45, 2.75) is 12.2 Å². The van der Waals surface area contributed by atoms with Crippen molar-refractivity contribution in [1.82, 2.24) is 5.32 Å². The average molecular weight is 361 g/mol. The third kappa shape index (κ3) is 5.00. The summed E-state index contributed by atoms with van der Waals surface area (Å²) >= 11 is 8.89. The van der Waals surface area contributed by atoms with E-state index in [0.717, 1.165) is 7.11 Å². The Labute approximate surface area is 121 Å². The monoisotopic (exact) mass is 359 g/mol. The Hall–Kier alpha value is -0.790. The fraction of sp³-hybridized carbons (Fsp3) is 0.364. The van der Waals surface area contributed by atoms with Crippen LogP contribution in [0, 0.1) is 0 Å². The van der Waals surface area contributed by atoms with Crippen molar-refractivity contribution in [3.63, 3.8) is 0 Å². The van der Waals surface area contributed by atoms with Crippen molar-refractivity contribution in [2.24, 2.45) is 0 Å². The summed E-state index contributed by atoms with van der Waals surface area (Å²) in [6.45, 7) is -1.30. The van der Waals surface area contributed by atoms with Crippen molar-refractivity contribution < 1.29 is 22.7 Å². The number of esters is 1. The maximum atomic E-state index is 12.2. The number of hydrogen-bond acceptors (Lipinski definition) is 3. The first-order chi connectivity index (χ1) is 8.74. The summed E-state index contributed by atoms with van der Waals surface area (Å²) < 4.78 is 41.6. The molecule has 0 aliphatic heterocycles. The molecule has 1 aromatic carbocycles. The highest BCUT2D eigenvalue weighted by Crippen LogP contribution is 2.28. The van der Waals surface area contributed by atoms with Crippen molar-refractivity contribution in [1.29, 1.82) is 0 Å². The molecule has 0 fully saturated rings. The fourth-order valence-corrected chi connectivity index (χ4v) is 2.30. The van der Waals surface area contributed by atoms with E-state index in [1.54, 1.807) is 0 Å². The third-order valence-electron chi connectivity index (χ3n) is 2.22. The van der Waals surface area contributed by atoms with Gasteiger partial charge in [0.15, 0.2) is 0 Å². The SMILES string of the molecule is COC(=O)C(NCC(F)(F)F)c1ccc(Cl)cc1Br. The average Bonchev–Trinajstić information content (AvgIpc) is 2.29. The number of hydrogen-bond donors (Lipinski definition) is 1. The number of ether oxygens (including phenoxy) is 1. The lowest BCUT2D eigenvalue weighted by molar-refractivity contribution is -0.146. The minimum atomic E-state index is -4.43. The van der Waals surface area contributed by atoms with Crippen LogP contribution in [0.3, 0.4) is 0 Å². The lowest BCUT2D eigenvalue weighted by Crippen LogP contribution is -2.36. The first-order valence-corrected chi connectivity index (χ1v) is 6.24. The van der Waals surface area contributed by atoms with Crippen molar-refractivity contribution >= 4 is 33.5 Å². The van der Waals surface area contributed by atoms with Gasteiger partial charge in [0.05, 0.1) is 13.7 Å². The molecular formula is C11H10BrClF3NO2. The Morgan fingerprint density at radius 1 is 1.53 bits per heavy atom. The number of rotatable bonds is 4. The number of carbonyl (C=O) groups excluding carboxylic acids is 1. The molecule has 1 unspecified atom stereocenters. The maximum Gasteiger partial charge on any atom is 0.401 e. The first-order valence-electron chi connectivity index (χ1n) is 5.07. The molecule has 0 aromatic heterocycles. The molecule has 8 heteroatoms. The fourth-order valence-electron chi connectivity index (χ4n) is 1.39. The van der Waals surface area contributed by atoms with Gasteiger partial charge in [-0.05, 0) is 17.7 Å². The molecule has 19 heavy (non-hydrogen) atoms. The lowest BCUT2D eigenvalue weighted by atomic mass is 10.1. The minimum absolute atomic E-state index is 0.320. The van der Waals surface area contributed by atoms with E-state index in [1.165, 1.54) is 18.2 Å². The van der Waals surface area contributed by atoms with Gasteiger partial charge in [0.25, 0.3) is 0 Å². The normalized spacial score (nSPS) is 13.2. The lowest BCUT2D eigenvalue weighted by Gasteiger charge is -2.19. The molecule has 0 saturated heterocycles. The number of halogens is 5. The van der Waals surface area contributed by atoms with Crippen LogP contribution in [-0.2, 0) is 9.53 Å². The van der Waals surface area contributed by atoms with Gasteiger partial charge in [0, 0.05) is 9.50 Å². The standard InChI is InChI=1S/C11H10BrClF3NO2/c1-19-10(18)9(17-5-11(14,15)16)7-3-2-6(13)4-8(7)12/h2-4,9,17H,5H2,1H3. The van der Waals surface area contributed by atoms with Crippen LogP contribution in [-0.4, -0.2) is 25.8 Å². The zero-order chi connectivity index (χ0) is 14.6. The van der Waals surface area contributed by atoms with Crippen molar-refractivity contribution in [2.75, 3.05) is 13.7 Å². The quantitative estimate of drug-likeness (QED) is 0.836. The summed E-state index contributed by atoms with van der Waals surface area (Å²) in [6.07, 6.45) is -4.43. The maximum absolute atomic E-state index is 12.2. The van der Waals surface area contributed by atoms with Crippen LogP contribution in [0.1, 0.15) is 11.6 Å². The van der Waals surface area contributed by atoms with E-state index in [2.05, 4.69) is 26.0 Å². The van der Waals surface area contributed by atoms with Gasteiger partial charge in [0.2, 0.25) is 0 Å². The predicted octanol–water partition coefficient (Wildman–Crippen LogP) is 3.47. The van der Waals surface area contributed by atoms with Crippen LogP contribution < -0.4 is 5.32 Å². The molecular weight excluding hydrogens is 350 g/mol. The Morgan fingerprint density at radius 2 is 2.16 bits per heavy atom. The van der Waals surface area contributed by atoms with E-state index in [9.17, 15) is 18.0 Å². The number of methoxy groups -OCH3 is 1. The smallest absolute Gasteiger partial charge is 0.401 e. The summed E-state index contributed by atoms with van der Waals surface area (Å²) in [5.74, 6) is -0.813. The number of alkyl halides is 3. The molecule has 0 radical (unpaired) electrons. The van der Waals surface area contributed by atoms with E-state index in [0.29, 0.717) is 15.1 Å². The Morgan fingerprint density at radius 3 is 2.63 bits per heavy atom. The molecule has 0 spiro atoms. The molecule has 1 rings (SSSR count). The summed E-state index contributed by atoms with van der Waals surface area (Å²) in [6, 6.07) is 3.20. The van der Waals surface area contributed by atoms with Crippen molar-refractivity contribution in [3.05, 3.63) is 33.3 Å².